The fraction of sp³-hybridized carbons (Fsp3) is 0.283. The minimum absolute atomic E-state index is 0.0629. The van der Waals surface area contributed by atoms with E-state index in [1.807, 2.05) is 65.9 Å². The standard InChI is InChI=1S/C53H56N6.C3H6.2C2H6/c1-12-37-33-59(48-26-16-14-21-42(37)48)51-29-19-25-46(57-51)40-31-38(44-23-17-27-49(54-44)55-47-22-15-13-20-41(47)36(4)52(5,6)7)30-39(32-40)45-24-18-28-50(56-45)58(11)34-43(35(2)3)53(8,9)10;1-3-2;2*1-2/h13-34H,2,4,12H2,1,3,5-11H3,(H,54,55);3H,1H2,2H3;2*1-2H3/b43-34+;;;. The molecule has 0 unspecified atom stereocenters. The number of para-hydroxylation sites is 2. The van der Waals surface area contributed by atoms with Crippen molar-refractivity contribution in [1.82, 2.24) is 19.5 Å². The second-order valence-electron chi connectivity index (χ2n) is 17.9. The Hall–Kier alpha value is -6.79. The third kappa shape index (κ3) is 12.7. The lowest BCUT2D eigenvalue weighted by Gasteiger charge is -2.26. The van der Waals surface area contributed by atoms with Gasteiger partial charge in [-0.3, -0.25) is 0 Å². The van der Waals surface area contributed by atoms with Crippen LogP contribution < -0.4 is 10.2 Å². The van der Waals surface area contributed by atoms with Gasteiger partial charge in [0.15, 0.2) is 0 Å². The number of anilines is 3. The second kappa shape index (κ2) is 23.4. The molecule has 1 N–H and O–H groups in total. The van der Waals surface area contributed by atoms with Gasteiger partial charge >= 0.3 is 0 Å². The highest BCUT2D eigenvalue weighted by Gasteiger charge is 2.21. The molecule has 0 aliphatic rings. The first-order valence-electron chi connectivity index (χ1n) is 23.4. The number of rotatable bonds is 11. The average Bonchev–Trinajstić information content (AvgIpc) is 3.70. The van der Waals surface area contributed by atoms with Gasteiger partial charge in [-0.1, -0.05) is 156 Å². The summed E-state index contributed by atoms with van der Waals surface area (Å²) in [5, 5.41) is 4.86. The molecule has 0 fully saturated rings. The second-order valence-corrected chi connectivity index (χ2v) is 17.9. The van der Waals surface area contributed by atoms with Gasteiger partial charge in [-0.05, 0) is 115 Å². The summed E-state index contributed by atoms with van der Waals surface area (Å²) < 4.78 is 2.20. The van der Waals surface area contributed by atoms with E-state index in [2.05, 4.69) is 199 Å². The van der Waals surface area contributed by atoms with Crippen LogP contribution in [0.5, 0.6) is 0 Å². The van der Waals surface area contributed by atoms with Crippen LogP contribution in [-0.4, -0.2) is 26.6 Å². The molecule has 0 amide bonds. The summed E-state index contributed by atoms with van der Waals surface area (Å²) in [6.07, 6.45) is 7.06. The molecule has 4 aromatic heterocycles. The third-order valence-corrected chi connectivity index (χ3v) is 10.8. The molecule has 6 nitrogen and oxygen atoms in total. The molecule has 0 atom stereocenters. The lowest BCUT2D eigenvalue weighted by atomic mass is 9.82. The molecule has 0 radical (unpaired) electrons. The first-order chi connectivity index (χ1) is 31.5. The highest BCUT2D eigenvalue weighted by atomic mass is 15.1. The first kappa shape index (κ1) is 51.8. The van der Waals surface area contributed by atoms with Gasteiger partial charge < -0.3 is 14.8 Å². The van der Waals surface area contributed by atoms with Crippen LogP contribution in [0.4, 0.5) is 17.3 Å². The van der Waals surface area contributed by atoms with E-state index < -0.39 is 0 Å². The fourth-order valence-electron chi connectivity index (χ4n) is 7.56. The predicted octanol–water partition coefficient (Wildman–Crippen LogP) is 17.4. The van der Waals surface area contributed by atoms with Crippen molar-refractivity contribution in [3.63, 3.8) is 0 Å². The summed E-state index contributed by atoms with van der Waals surface area (Å²) in [6.45, 7) is 39.4. The van der Waals surface area contributed by atoms with Crippen LogP contribution >= 0.6 is 0 Å². The van der Waals surface area contributed by atoms with E-state index in [9.17, 15) is 0 Å². The number of pyridine rings is 3. The number of benzene rings is 3. The van der Waals surface area contributed by atoms with Crippen LogP contribution in [-0.2, 0) is 6.42 Å². The minimum atomic E-state index is -0.0854. The lowest BCUT2D eigenvalue weighted by Crippen LogP contribution is -2.17. The zero-order valence-corrected chi connectivity index (χ0v) is 42.3. The number of nitrogens with one attached hydrogen (secondary N) is 1. The van der Waals surface area contributed by atoms with Gasteiger partial charge in [-0.2, -0.15) is 0 Å². The number of aromatic nitrogens is 4. The Morgan fingerprint density at radius 2 is 1.21 bits per heavy atom. The van der Waals surface area contributed by atoms with Gasteiger partial charge in [0.1, 0.15) is 17.5 Å². The van der Waals surface area contributed by atoms with Crippen molar-refractivity contribution in [1.29, 1.82) is 0 Å². The molecule has 0 spiro atoms. The van der Waals surface area contributed by atoms with E-state index in [-0.39, 0.29) is 10.8 Å². The lowest BCUT2D eigenvalue weighted by molar-refractivity contribution is 0.509. The molecule has 3 aromatic carbocycles. The molecule has 0 saturated heterocycles. The number of hydrogen-bond acceptors (Lipinski definition) is 5. The van der Waals surface area contributed by atoms with Crippen LogP contribution in [0.25, 0.3) is 56.1 Å². The normalized spacial score (nSPS) is 11.2. The molecule has 344 valence electrons. The largest absolute Gasteiger partial charge is 0.340 e. The van der Waals surface area contributed by atoms with Crippen LogP contribution in [0.3, 0.4) is 0 Å². The summed E-state index contributed by atoms with van der Waals surface area (Å²) >= 11 is 0. The van der Waals surface area contributed by atoms with Gasteiger partial charge in [-0.25, -0.2) is 15.0 Å². The Morgan fingerprint density at radius 1 is 0.682 bits per heavy atom. The predicted molar refractivity (Wildman–Crippen MR) is 290 cm³/mol. The van der Waals surface area contributed by atoms with Crippen LogP contribution in [0.1, 0.15) is 101 Å². The van der Waals surface area contributed by atoms with E-state index >= 15 is 0 Å². The Bertz CT molecular complexity index is 2770. The molecular formula is C60H74N6. The number of nitrogens with zero attached hydrogens (tertiary/aromatic N) is 5. The molecule has 4 heterocycles. The van der Waals surface area contributed by atoms with Crippen molar-refractivity contribution in [3.05, 3.63) is 182 Å². The van der Waals surface area contributed by atoms with E-state index in [0.29, 0.717) is 0 Å². The smallest absolute Gasteiger partial charge is 0.137 e. The fourth-order valence-corrected chi connectivity index (χ4v) is 7.56. The molecule has 0 aliphatic heterocycles. The van der Waals surface area contributed by atoms with Gasteiger partial charge in [0.25, 0.3) is 0 Å². The average molecular weight is 879 g/mol. The Labute approximate surface area is 397 Å². The zero-order valence-electron chi connectivity index (χ0n) is 42.3. The maximum Gasteiger partial charge on any atom is 0.137 e. The van der Waals surface area contributed by atoms with Crippen LogP contribution in [0, 0.1) is 10.8 Å². The molecule has 6 heteroatoms. The summed E-state index contributed by atoms with van der Waals surface area (Å²) in [5.74, 6) is 2.45. The van der Waals surface area contributed by atoms with E-state index in [4.69, 9.17) is 15.0 Å². The van der Waals surface area contributed by atoms with Gasteiger partial charge in [-0.15, -0.1) is 6.58 Å². The first-order valence-corrected chi connectivity index (χ1v) is 23.4. The molecule has 7 rings (SSSR count). The Kier molecular flexibility index (Phi) is 18.4. The van der Waals surface area contributed by atoms with Crippen molar-refractivity contribution in [2.24, 2.45) is 10.8 Å². The van der Waals surface area contributed by atoms with Gasteiger partial charge in [0.05, 0.1) is 22.6 Å². The van der Waals surface area contributed by atoms with Crippen molar-refractivity contribution in [2.45, 2.75) is 96.4 Å². The van der Waals surface area contributed by atoms with Crippen molar-refractivity contribution >= 4 is 33.8 Å². The molecule has 7 aromatic rings. The number of hydrogen-bond donors (Lipinski definition) is 1. The number of fused-ring (bicyclic) bond motifs is 1. The van der Waals surface area contributed by atoms with Gasteiger partial charge in [0.2, 0.25) is 0 Å². The maximum atomic E-state index is 5.30. The third-order valence-electron chi connectivity index (χ3n) is 10.8. The monoisotopic (exact) mass is 879 g/mol. The zero-order chi connectivity index (χ0) is 48.8. The SMILES string of the molecule is C=C(C)/C(=C\N(C)c1cccc(-c2cc(-c3cccc(Nc4ccccc4C(=C)C(C)(C)C)n3)cc(-c3cccc(-n4cc(CC)c5ccccc54)n3)c2)n1)C(C)(C)C.C=CC.CC.CC. The van der Waals surface area contributed by atoms with Crippen molar-refractivity contribution in [2.75, 3.05) is 17.3 Å². The van der Waals surface area contributed by atoms with Gasteiger partial charge in [0, 0.05) is 52.8 Å². The van der Waals surface area contributed by atoms with E-state index in [1.54, 1.807) is 6.08 Å². The Morgan fingerprint density at radius 3 is 1.79 bits per heavy atom. The molecule has 0 bridgehead atoms. The summed E-state index contributed by atoms with van der Waals surface area (Å²) in [7, 11) is 2.05. The van der Waals surface area contributed by atoms with Crippen LogP contribution in [0.15, 0.2) is 171 Å². The summed E-state index contributed by atoms with van der Waals surface area (Å²) in [5.41, 5.74) is 13.0. The summed E-state index contributed by atoms with van der Waals surface area (Å²) in [6, 6.07) is 41.9. The molecule has 0 aliphatic carbocycles. The van der Waals surface area contributed by atoms with Crippen LogP contribution in [0.2, 0.25) is 0 Å². The minimum Gasteiger partial charge on any atom is -0.340 e. The van der Waals surface area contributed by atoms with Crippen molar-refractivity contribution in [3.8, 4) is 39.6 Å². The molecule has 0 saturated carbocycles. The number of allylic oxidation sites excluding steroid dienone is 4. The quantitative estimate of drug-likeness (QED) is 0.104. The highest BCUT2D eigenvalue weighted by Crippen LogP contribution is 2.38. The van der Waals surface area contributed by atoms with E-state index in [1.165, 1.54) is 16.5 Å². The Balaban J connectivity index is 0.00000129. The van der Waals surface area contributed by atoms with E-state index in [0.717, 1.165) is 85.6 Å². The highest BCUT2D eigenvalue weighted by molar-refractivity contribution is 5.86. The molecule has 66 heavy (non-hydrogen) atoms. The van der Waals surface area contributed by atoms with Crippen molar-refractivity contribution < 1.29 is 0 Å². The molecular weight excluding hydrogens is 805 g/mol. The topological polar surface area (TPSA) is 58.9 Å². The maximum absolute atomic E-state index is 5.30. The number of aryl methyl sites for hydroxylation is 1. The summed E-state index contributed by atoms with van der Waals surface area (Å²) in [4.78, 5) is 17.8.